The Bertz CT molecular complexity index is 1090. The Kier molecular flexibility index (Phi) is 8.84. The van der Waals surface area contributed by atoms with E-state index in [-0.39, 0.29) is 22.0 Å². The van der Waals surface area contributed by atoms with Crippen molar-refractivity contribution in [3.8, 4) is 11.5 Å². The van der Waals surface area contributed by atoms with Gasteiger partial charge in [0.25, 0.3) is 5.91 Å². The summed E-state index contributed by atoms with van der Waals surface area (Å²) in [4.78, 5) is 13.0. The van der Waals surface area contributed by atoms with Crippen LogP contribution < -0.4 is 14.8 Å². The molecule has 1 amide bonds. The van der Waals surface area contributed by atoms with Gasteiger partial charge in [0.1, 0.15) is 16.4 Å². The van der Waals surface area contributed by atoms with E-state index in [0.29, 0.717) is 25.1 Å². The molecule has 34 heavy (non-hydrogen) atoms. The standard InChI is InChI=1S/C24H30F2N2O5S/c1-3-19(18-10-6-7-11-20(18)33-24(25)26)27-23(29)17-12-13-21(32-2)22(16-17)34(30,31)28-14-8-4-5-9-15-28/h6-7,10-13,16,19,24H,3-5,8-9,14-15H2,1-2H3,(H,27,29). The number of nitrogens with one attached hydrogen (secondary N) is 1. The second-order valence-corrected chi connectivity index (χ2v) is 9.94. The van der Waals surface area contributed by atoms with Gasteiger partial charge in [-0.2, -0.15) is 13.1 Å². The van der Waals surface area contributed by atoms with Crippen LogP contribution in [0.3, 0.4) is 0 Å². The zero-order valence-electron chi connectivity index (χ0n) is 19.3. The first-order valence-electron chi connectivity index (χ1n) is 11.3. The summed E-state index contributed by atoms with van der Waals surface area (Å²) in [6, 6.07) is 9.88. The van der Waals surface area contributed by atoms with Gasteiger partial charge in [-0.15, -0.1) is 0 Å². The van der Waals surface area contributed by atoms with Crippen molar-refractivity contribution >= 4 is 15.9 Å². The lowest BCUT2D eigenvalue weighted by Gasteiger charge is -2.23. The SMILES string of the molecule is CCC(NC(=O)c1ccc(OC)c(S(=O)(=O)N2CCCCCC2)c1)c1ccccc1OC(F)F. The summed E-state index contributed by atoms with van der Waals surface area (Å²) < 4.78 is 63.7. The van der Waals surface area contributed by atoms with Crippen molar-refractivity contribution < 1.29 is 31.5 Å². The van der Waals surface area contributed by atoms with Gasteiger partial charge < -0.3 is 14.8 Å². The van der Waals surface area contributed by atoms with E-state index < -0.39 is 28.6 Å². The minimum atomic E-state index is -3.87. The summed E-state index contributed by atoms with van der Waals surface area (Å²) in [5, 5.41) is 2.81. The molecule has 0 radical (unpaired) electrons. The van der Waals surface area contributed by atoms with Crippen LogP contribution in [0.2, 0.25) is 0 Å². The molecule has 2 aromatic carbocycles. The number of benzene rings is 2. The maximum absolute atomic E-state index is 13.4. The Morgan fingerprint density at radius 1 is 1.06 bits per heavy atom. The van der Waals surface area contributed by atoms with Crippen LogP contribution in [0.25, 0.3) is 0 Å². The number of sulfonamides is 1. The average Bonchev–Trinajstić information content (AvgIpc) is 3.12. The highest BCUT2D eigenvalue weighted by Crippen LogP contribution is 2.31. The molecule has 1 aliphatic rings. The van der Waals surface area contributed by atoms with Crippen LogP contribution in [0, 0.1) is 0 Å². The lowest BCUT2D eigenvalue weighted by atomic mass is 10.0. The van der Waals surface area contributed by atoms with Crippen LogP contribution in [-0.2, 0) is 10.0 Å². The number of hydrogen-bond acceptors (Lipinski definition) is 5. The zero-order chi connectivity index (χ0) is 24.7. The van der Waals surface area contributed by atoms with Crippen molar-refractivity contribution in [3.63, 3.8) is 0 Å². The Morgan fingerprint density at radius 2 is 1.74 bits per heavy atom. The highest BCUT2D eigenvalue weighted by molar-refractivity contribution is 7.89. The van der Waals surface area contributed by atoms with Crippen molar-refractivity contribution in [2.45, 2.75) is 56.6 Å². The van der Waals surface area contributed by atoms with Gasteiger partial charge in [0.2, 0.25) is 10.0 Å². The molecule has 0 aromatic heterocycles. The van der Waals surface area contributed by atoms with Gasteiger partial charge in [-0.25, -0.2) is 8.42 Å². The van der Waals surface area contributed by atoms with Gasteiger partial charge in [-0.3, -0.25) is 4.79 Å². The molecule has 1 aliphatic heterocycles. The van der Waals surface area contributed by atoms with E-state index in [2.05, 4.69) is 10.1 Å². The highest BCUT2D eigenvalue weighted by Gasteiger charge is 2.29. The van der Waals surface area contributed by atoms with Crippen LogP contribution >= 0.6 is 0 Å². The predicted molar refractivity (Wildman–Crippen MR) is 124 cm³/mol. The van der Waals surface area contributed by atoms with E-state index in [1.165, 1.54) is 35.7 Å². The Labute approximate surface area is 199 Å². The van der Waals surface area contributed by atoms with Gasteiger partial charge in [-0.1, -0.05) is 38.0 Å². The third kappa shape index (κ3) is 6.04. The molecule has 2 aromatic rings. The van der Waals surface area contributed by atoms with Crippen LogP contribution in [0.15, 0.2) is 47.4 Å². The minimum Gasteiger partial charge on any atom is -0.495 e. The maximum Gasteiger partial charge on any atom is 0.387 e. The van der Waals surface area contributed by atoms with E-state index >= 15 is 0 Å². The van der Waals surface area contributed by atoms with Gasteiger partial charge in [0.05, 0.1) is 13.2 Å². The van der Waals surface area contributed by atoms with Crippen molar-refractivity contribution in [1.82, 2.24) is 9.62 Å². The molecule has 3 rings (SSSR count). The van der Waals surface area contributed by atoms with Crippen LogP contribution in [-0.4, -0.2) is 45.4 Å². The molecule has 1 heterocycles. The zero-order valence-corrected chi connectivity index (χ0v) is 20.1. The number of para-hydroxylation sites is 1. The lowest BCUT2D eigenvalue weighted by Crippen LogP contribution is -2.33. The number of carbonyl (C=O) groups is 1. The number of hydrogen-bond donors (Lipinski definition) is 1. The van der Waals surface area contributed by atoms with Crippen molar-refractivity contribution in [2.24, 2.45) is 0 Å². The molecule has 10 heteroatoms. The fourth-order valence-corrected chi connectivity index (χ4v) is 5.75. The molecule has 1 atom stereocenters. The molecule has 1 unspecified atom stereocenters. The minimum absolute atomic E-state index is 0.0242. The number of carbonyl (C=O) groups excluding carboxylic acids is 1. The lowest BCUT2D eigenvalue weighted by molar-refractivity contribution is -0.0507. The molecule has 186 valence electrons. The number of halogens is 2. The van der Waals surface area contributed by atoms with E-state index in [1.54, 1.807) is 25.1 Å². The third-order valence-electron chi connectivity index (χ3n) is 5.83. The first-order valence-corrected chi connectivity index (χ1v) is 12.7. The number of methoxy groups -OCH3 is 1. The van der Waals surface area contributed by atoms with Gasteiger partial charge >= 0.3 is 6.61 Å². The second-order valence-electron chi connectivity index (χ2n) is 8.03. The summed E-state index contributed by atoms with van der Waals surface area (Å²) in [6.07, 6.45) is 3.91. The number of amides is 1. The predicted octanol–water partition coefficient (Wildman–Crippen LogP) is 4.74. The number of rotatable bonds is 9. The Balaban J connectivity index is 1.89. The molecule has 1 fully saturated rings. The van der Waals surface area contributed by atoms with Crippen molar-refractivity contribution in [1.29, 1.82) is 0 Å². The monoisotopic (exact) mass is 496 g/mol. The average molecular weight is 497 g/mol. The highest BCUT2D eigenvalue weighted by atomic mass is 32.2. The summed E-state index contributed by atoms with van der Waals surface area (Å²) >= 11 is 0. The summed E-state index contributed by atoms with van der Waals surface area (Å²) in [7, 11) is -2.49. The van der Waals surface area contributed by atoms with E-state index in [9.17, 15) is 22.0 Å². The van der Waals surface area contributed by atoms with Crippen LogP contribution in [0.5, 0.6) is 11.5 Å². The molecule has 0 saturated carbocycles. The molecule has 0 aliphatic carbocycles. The third-order valence-corrected chi connectivity index (χ3v) is 7.75. The number of alkyl halides is 2. The number of ether oxygens (including phenoxy) is 2. The molecule has 7 nitrogen and oxygen atoms in total. The molecular formula is C24H30F2N2O5S. The molecule has 0 bridgehead atoms. The fraction of sp³-hybridized carbons (Fsp3) is 0.458. The van der Waals surface area contributed by atoms with E-state index in [0.717, 1.165) is 25.7 Å². The first-order chi connectivity index (χ1) is 16.3. The number of nitrogens with zero attached hydrogens (tertiary/aromatic N) is 1. The topological polar surface area (TPSA) is 84.9 Å². The van der Waals surface area contributed by atoms with Gasteiger partial charge in [-0.05, 0) is 43.5 Å². The molecule has 1 saturated heterocycles. The molecule has 0 spiro atoms. The quantitative estimate of drug-likeness (QED) is 0.542. The molecular weight excluding hydrogens is 466 g/mol. The smallest absolute Gasteiger partial charge is 0.387 e. The van der Waals surface area contributed by atoms with E-state index in [1.807, 2.05) is 0 Å². The fourth-order valence-electron chi connectivity index (χ4n) is 4.05. The molecule has 1 N–H and O–H groups in total. The van der Waals surface area contributed by atoms with Crippen LogP contribution in [0.4, 0.5) is 8.78 Å². The van der Waals surface area contributed by atoms with Crippen molar-refractivity contribution in [2.75, 3.05) is 20.2 Å². The van der Waals surface area contributed by atoms with E-state index in [4.69, 9.17) is 4.74 Å². The largest absolute Gasteiger partial charge is 0.495 e. The summed E-state index contributed by atoms with van der Waals surface area (Å²) in [5.41, 5.74) is 0.532. The first kappa shape index (κ1) is 25.9. The van der Waals surface area contributed by atoms with Crippen LogP contribution in [0.1, 0.15) is 61.0 Å². The van der Waals surface area contributed by atoms with Crippen molar-refractivity contribution in [3.05, 3.63) is 53.6 Å². The van der Waals surface area contributed by atoms with Gasteiger partial charge in [0.15, 0.2) is 0 Å². The Hall–Kier alpha value is -2.72. The summed E-state index contributed by atoms with van der Waals surface area (Å²) in [6.45, 7) is -0.364. The normalized spacial score (nSPS) is 16.0. The second kappa shape index (κ2) is 11.6. The summed E-state index contributed by atoms with van der Waals surface area (Å²) in [5.74, 6) is -0.402. The Morgan fingerprint density at radius 3 is 2.35 bits per heavy atom. The maximum atomic E-state index is 13.4. The van der Waals surface area contributed by atoms with Gasteiger partial charge in [0, 0.05) is 24.2 Å².